The minimum Gasteiger partial charge on any atom is -0.383 e. The van der Waals surface area contributed by atoms with Crippen LogP contribution in [0.4, 0.5) is 5.82 Å². The number of rotatable bonds is 2. The summed E-state index contributed by atoms with van der Waals surface area (Å²) in [6.45, 7) is 0.864. The number of nitrogens with zero attached hydrogens (tertiary/aromatic N) is 3. The molecular formula is C14H18N4O3S2. The van der Waals surface area contributed by atoms with E-state index >= 15 is 0 Å². The summed E-state index contributed by atoms with van der Waals surface area (Å²) in [5.74, 6) is 0.645. The molecule has 3 heterocycles. The predicted molar refractivity (Wildman–Crippen MR) is 88.6 cm³/mol. The summed E-state index contributed by atoms with van der Waals surface area (Å²) >= 11 is 1.67. The zero-order chi connectivity index (χ0) is 16.0. The van der Waals surface area contributed by atoms with Gasteiger partial charge in [0.25, 0.3) is 0 Å². The Bertz CT molecular complexity index is 863. The second-order valence-corrected chi connectivity index (χ2v) is 8.89. The summed E-state index contributed by atoms with van der Waals surface area (Å²) in [6, 6.07) is 0. The number of nitrogen functional groups attached to an aromatic ring is 1. The average molecular weight is 354 g/mol. The van der Waals surface area contributed by atoms with E-state index in [-0.39, 0.29) is 12.5 Å². The van der Waals surface area contributed by atoms with Gasteiger partial charge in [-0.3, -0.25) is 0 Å². The van der Waals surface area contributed by atoms with E-state index < -0.39 is 10.0 Å². The van der Waals surface area contributed by atoms with Crippen LogP contribution in [0.3, 0.4) is 0 Å². The molecule has 0 radical (unpaired) electrons. The molecule has 1 aliphatic heterocycles. The van der Waals surface area contributed by atoms with Crippen molar-refractivity contribution in [2.75, 3.05) is 24.8 Å². The standard InChI is InChI=1S/C14H18N4O3S2/c15-13-12-9-3-1-2-4-10(9)22-14(12)17-11(16-13)7-18-5-6-21-8-23(18,19)20/h1-8H2,(H2,15,16,17). The second kappa shape index (κ2) is 5.66. The molecule has 0 atom stereocenters. The van der Waals surface area contributed by atoms with Gasteiger partial charge in [0.2, 0.25) is 10.0 Å². The molecule has 23 heavy (non-hydrogen) atoms. The van der Waals surface area contributed by atoms with Crippen molar-refractivity contribution in [3.05, 3.63) is 16.3 Å². The van der Waals surface area contributed by atoms with E-state index in [2.05, 4.69) is 9.97 Å². The molecule has 0 bridgehead atoms. The summed E-state index contributed by atoms with van der Waals surface area (Å²) in [7, 11) is -3.40. The van der Waals surface area contributed by atoms with Gasteiger partial charge in [0, 0.05) is 11.4 Å². The predicted octanol–water partition coefficient (Wildman–Crippen LogP) is 1.27. The molecule has 1 saturated heterocycles. The quantitative estimate of drug-likeness (QED) is 0.872. The third kappa shape index (κ3) is 2.71. The highest BCUT2D eigenvalue weighted by Gasteiger charge is 2.28. The van der Waals surface area contributed by atoms with E-state index in [1.165, 1.54) is 27.6 Å². The molecule has 2 aliphatic rings. The summed E-state index contributed by atoms with van der Waals surface area (Å²) in [6.07, 6.45) is 4.47. The third-order valence-electron chi connectivity index (χ3n) is 4.32. The first-order valence-electron chi connectivity index (χ1n) is 7.67. The van der Waals surface area contributed by atoms with Crippen molar-refractivity contribution in [1.29, 1.82) is 0 Å². The average Bonchev–Trinajstić information content (AvgIpc) is 2.88. The molecule has 1 fully saturated rings. The van der Waals surface area contributed by atoms with Gasteiger partial charge in [-0.1, -0.05) is 0 Å². The zero-order valence-corrected chi connectivity index (χ0v) is 14.3. The molecule has 0 spiro atoms. The number of anilines is 1. The minimum absolute atomic E-state index is 0.147. The number of thiophene rings is 1. The number of ether oxygens (including phenoxy) is 1. The van der Waals surface area contributed by atoms with Crippen molar-refractivity contribution in [3.63, 3.8) is 0 Å². The first-order chi connectivity index (χ1) is 11.0. The number of nitrogens with two attached hydrogens (primary N) is 1. The first kappa shape index (κ1) is 15.3. The highest BCUT2D eigenvalue weighted by atomic mass is 32.2. The molecule has 9 heteroatoms. The van der Waals surface area contributed by atoms with Crippen LogP contribution in [0, 0.1) is 0 Å². The van der Waals surface area contributed by atoms with Crippen LogP contribution in [0.2, 0.25) is 0 Å². The monoisotopic (exact) mass is 354 g/mol. The van der Waals surface area contributed by atoms with Gasteiger partial charge < -0.3 is 10.5 Å². The summed E-state index contributed by atoms with van der Waals surface area (Å²) in [5, 5.41) is 0.971. The molecule has 2 aromatic heterocycles. The molecule has 2 N–H and O–H groups in total. The smallest absolute Gasteiger partial charge is 0.238 e. The van der Waals surface area contributed by atoms with Crippen molar-refractivity contribution in [2.45, 2.75) is 32.2 Å². The Kier molecular flexibility index (Phi) is 3.75. The maximum absolute atomic E-state index is 12.0. The van der Waals surface area contributed by atoms with Crippen molar-refractivity contribution >= 4 is 37.4 Å². The van der Waals surface area contributed by atoms with E-state index in [1.807, 2.05) is 0 Å². The molecule has 0 saturated carbocycles. The molecule has 2 aromatic rings. The van der Waals surface area contributed by atoms with E-state index in [0.717, 1.165) is 23.1 Å². The van der Waals surface area contributed by atoms with Crippen molar-refractivity contribution in [1.82, 2.24) is 14.3 Å². The van der Waals surface area contributed by atoms with E-state index in [4.69, 9.17) is 10.5 Å². The number of fused-ring (bicyclic) bond motifs is 3. The number of aromatic nitrogens is 2. The van der Waals surface area contributed by atoms with Crippen LogP contribution in [0.1, 0.15) is 29.1 Å². The lowest BCUT2D eigenvalue weighted by atomic mass is 9.97. The number of aryl methyl sites for hydroxylation is 2. The molecule has 4 rings (SSSR count). The summed E-state index contributed by atoms with van der Waals surface area (Å²) in [5.41, 5.74) is 7.45. The lowest BCUT2D eigenvalue weighted by Gasteiger charge is -2.25. The third-order valence-corrected chi connectivity index (χ3v) is 7.07. The van der Waals surface area contributed by atoms with Crippen LogP contribution in [0.25, 0.3) is 10.2 Å². The number of sulfonamides is 1. The van der Waals surface area contributed by atoms with Gasteiger partial charge in [0.1, 0.15) is 16.5 Å². The highest BCUT2D eigenvalue weighted by Crippen LogP contribution is 2.37. The van der Waals surface area contributed by atoms with Crippen molar-refractivity contribution in [3.8, 4) is 0 Å². The van der Waals surface area contributed by atoms with Gasteiger partial charge >= 0.3 is 0 Å². The van der Waals surface area contributed by atoms with Gasteiger partial charge in [-0.25, -0.2) is 18.4 Å². The fourth-order valence-corrected chi connectivity index (χ4v) is 5.61. The Balaban J connectivity index is 1.71. The van der Waals surface area contributed by atoms with Gasteiger partial charge in [0.05, 0.1) is 18.5 Å². The van der Waals surface area contributed by atoms with Crippen LogP contribution in [-0.2, 0) is 34.1 Å². The Labute approximate surface area is 138 Å². The maximum Gasteiger partial charge on any atom is 0.238 e. The SMILES string of the molecule is Nc1nc(CN2CCOCS2(=O)=O)nc2sc3c(c12)CCCC3. The molecule has 0 aromatic carbocycles. The van der Waals surface area contributed by atoms with E-state index in [9.17, 15) is 8.42 Å². The van der Waals surface area contributed by atoms with Gasteiger partial charge in [0.15, 0.2) is 5.94 Å². The van der Waals surface area contributed by atoms with Crippen LogP contribution in [0.15, 0.2) is 0 Å². The van der Waals surface area contributed by atoms with E-state index in [0.29, 0.717) is 24.8 Å². The van der Waals surface area contributed by atoms with E-state index in [1.54, 1.807) is 11.3 Å². The van der Waals surface area contributed by atoms with Gasteiger partial charge in [-0.2, -0.15) is 4.31 Å². The number of hydrogen-bond acceptors (Lipinski definition) is 7. The Morgan fingerprint density at radius 1 is 1.26 bits per heavy atom. The number of hydrogen-bond donors (Lipinski definition) is 1. The minimum atomic E-state index is -3.40. The molecule has 0 amide bonds. The molecule has 124 valence electrons. The molecular weight excluding hydrogens is 336 g/mol. The second-order valence-electron chi connectivity index (χ2n) is 5.89. The lowest BCUT2D eigenvalue weighted by molar-refractivity contribution is 0.129. The Morgan fingerprint density at radius 2 is 2.09 bits per heavy atom. The summed E-state index contributed by atoms with van der Waals surface area (Å²) in [4.78, 5) is 11.2. The normalized spacial score (nSPS) is 21.4. The van der Waals surface area contributed by atoms with Crippen LogP contribution < -0.4 is 5.73 Å². The topological polar surface area (TPSA) is 98.4 Å². The van der Waals surface area contributed by atoms with Gasteiger partial charge in [-0.15, -0.1) is 11.3 Å². The van der Waals surface area contributed by atoms with Crippen LogP contribution in [0.5, 0.6) is 0 Å². The lowest BCUT2D eigenvalue weighted by Crippen LogP contribution is -2.41. The van der Waals surface area contributed by atoms with Crippen LogP contribution in [-0.4, -0.2) is 41.8 Å². The summed E-state index contributed by atoms with van der Waals surface area (Å²) < 4.78 is 30.4. The highest BCUT2D eigenvalue weighted by molar-refractivity contribution is 7.88. The maximum atomic E-state index is 12.0. The fraction of sp³-hybridized carbons (Fsp3) is 0.571. The first-order valence-corrected chi connectivity index (χ1v) is 10.1. The molecule has 7 nitrogen and oxygen atoms in total. The van der Waals surface area contributed by atoms with Crippen molar-refractivity contribution < 1.29 is 13.2 Å². The Morgan fingerprint density at radius 3 is 2.91 bits per heavy atom. The largest absolute Gasteiger partial charge is 0.383 e. The Hall–Kier alpha value is -1.29. The zero-order valence-electron chi connectivity index (χ0n) is 12.6. The van der Waals surface area contributed by atoms with Crippen molar-refractivity contribution in [2.24, 2.45) is 0 Å². The van der Waals surface area contributed by atoms with Gasteiger partial charge in [-0.05, 0) is 31.2 Å². The fourth-order valence-electron chi connectivity index (χ4n) is 3.18. The molecule has 1 aliphatic carbocycles. The molecule has 0 unspecified atom stereocenters. The van der Waals surface area contributed by atoms with Crippen LogP contribution >= 0.6 is 11.3 Å².